The molecule has 0 spiro atoms. The largest absolute Gasteiger partial charge is 0.514 e. The molecule has 3 aromatic carbocycles. The molecule has 8 heteroatoms. The molecule has 0 aliphatic rings. The third kappa shape index (κ3) is 8.63. The molecule has 2 aromatic heterocycles. The van der Waals surface area contributed by atoms with Gasteiger partial charge in [-0.2, -0.15) is 0 Å². The van der Waals surface area contributed by atoms with E-state index in [2.05, 4.69) is 87.4 Å². The Hall–Kier alpha value is -4.04. The highest BCUT2D eigenvalue weighted by Gasteiger charge is 2.34. The lowest BCUT2D eigenvalue weighted by Gasteiger charge is -2.36. The molecule has 2 heterocycles. The lowest BCUT2D eigenvalue weighted by atomic mass is 9.68. The summed E-state index contributed by atoms with van der Waals surface area (Å²) in [5, 5.41) is 12.5. The van der Waals surface area contributed by atoms with Crippen molar-refractivity contribution in [2.45, 2.75) is 119 Å². The number of benzene rings is 3. The van der Waals surface area contributed by atoms with E-state index in [4.69, 9.17) is 19.7 Å². The first-order chi connectivity index (χ1) is 22.9. The van der Waals surface area contributed by atoms with Gasteiger partial charge < -0.3 is 9.47 Å². The normalized spacial score (nSPS) is 13.2. The highest BCUT2D eigenvalue weighted by Crippen LogP contribution is 2.42. The van der Waals surface area contributed by atoms with Crippen LogP contribution in [-0.4, -0.2) is 32.5 Å². The standard InChI is InChI=1S/C42H53N3O4S/c1-38(2,3)24-41(10,11)28-15-16-30(42(12,13)25-39(4,5)6)29(22-28)36(46)27-14-17-31-32(20-27)44-45(43-31)33-21-26-18-19-50-35(26)23-34(33)48-37(47)49-40(7,8)9/h14-23H,24-25H2,1-13H3. The molecule has 0 radical (unpaired) electrons. The monoisotopic (exact) mass is 695 g/mol. The Labute approximate surface area is 301 Å². The Morgan fingerprint density at radius 2 is 1.36 bits per heavy atom. The molecule has 0 amide bonds. The molecule has 0 aliphatic carbocycles. The van der Waals surface area contributed by atoms with Crippen molar-refractivity contribution in [2.24, 2.45) is 10.8 Å². The SMILES string of the molecule is CC(C)(C)CC(C)(C)c1ccc(C(C)(C)CC(C)(C)C)c(C(=O)c2ccc3nn(-c4cc5ccsc5cc4OC(=O)OC(C)(C)C)nc3c2)c1. The van der Waals surface area contributed by atoms with Crippen LogP contribution in [0.1, 0.15) is 130 Å². The first-order valence-electron chi connectivity index (χ1n) is 17.4. The van der Waals surface area contributed by atoms with E-state index in [-0.39, 0.29) is 33.2 Å². The zero-order valence-electron chi connectivity index (χ0n) is 32.1. The number of ketones is 1. The Morgan fingerprint density at radius 1 is 0.720 bits per heavy atom. The average molecular weight is 696 g/mol. The van der Waals surface area contributed by atoms with Gasteiger partial charge in [0.25, 0.3) is 0 Å². The van der Waals surface area contributed by atoms with E-state index in [0.717, 1.165) is 39.6 Å². The molecular formula is C42H53N3O4S. The number of hydrogen-bond donors (Lipinski definition) is 0. The summed E-state index contributed by atoms with van der Waals surface area (Å²) in [6.45, 7) is 27.9. The summed E-state index contributed by atoms with van der Waals surface area (Å²) in [5.74, 6) is 0.242. The fraction of sp³-hybridized carbons (Fsp3) is 0.476. The van der Waals surface area contributed by atoms with Crippen LogP contribution in [0.25, 0.3) is 26.8 Å². The van der Waals surface area contributed by atoms with E-state index in [0.29, 0.717) is 22.3 Å². The quantitative estimate of drug-likeness (QED) is 0.0913. The summed E-state index contributed by atoms with van der Waals surface area (Å²) in [6.07, 6.45) is 1.09. The van der Waals surface area contributed by atoms with Crippen LogP contribution in [0.3, 0.4) is 0 Å². The van der Waals surface area contributed by atoms with Gasteiger partial charge in [0.05, 0.1) is 0 Å². The zero-order chi connectivity index (χ0) is 37.0. The Kier molecular flexibility index (Phi) is 9.63. The fourth-order valence-electron chi connectivity index (χ4n) is 7.49. The van der Waals surface area contributed by atoms with Crippen LogP contribution in [0.15, 0.2) is 60.0 Å². The van der Waals surface area contributed by atoms with Crippen LogP contribution in [0.4, 0.5) is 4.79 Å². The fourth-order valence-corrected chi connectivity index (χ4v) is 8.29. The molecule has 0 bridgehead atoms. The van der Waals surface area contributed by atoms with Gasteiger partial charge in [-0.25, -0.2) is 4.79 Å². The van der Waals surface area contributed by atoms with Gasteiger partial charge >= 0.3 is 6.16 Å². The molecule has 266 valence electrons. The molecule has 0 aliphatic heterocycles. The first-order valence-corrected chi connectivity index (χ1v) is 18.3. The smallest absolute Gasteiger partial charge is 0.428 e. The molecule has 0 saturated heterocycles. The van der Waals surface area contributed by atoms with Gasteiger partial charge in [0.1, 0.15) is 22.3 Å². The van der Waals surface area contributed by atoms with Crippen molar-refractivity contribution in [2.75, 3.05) is 0 Å². The van der Waals surface area contributed by atoms with Crippen LogP contribution in [0.2, 0.25) is 0 Å². The number of nitrogens with zero attached hydrogens (tertiary/aromatic N) is 3. The number of fused-ring (bicyclic) bond motifs is 2. The minimum Gasteiger partial charge on any atom is -0.428 e. The second-order valence-electron chi connectivity index (χ2n) is 18.4. The van der Waals surface area contributed by atoms with Crippen LogP contribution in [-0.2, 0) is 15.6 Å². The predicted octanol–water partition coefficient (Wildman–Crippen LogP) is 11.6. The lowest BCUT2D eigenvalue weighted by molar-refractivity contribution is 0.0206. The van der Waals surface area contributed by atoms with Crippen molar-refractivity contribution in [3.8, 4) is 11.4 Å². The summed E-state index contributed by atoms with van der Waals surface area (Å²) >= 11 is 1.54. The van der Waals surface area contributed by atoms with Crippen molar-refractivity contribution in [3.63, 3.8) is 0 Å². The predicted molar refractivity (Wildman–Crippen MR) is 205 cm³/mol. The number of carbonyl (C=O) groups excluding carboxylic acids is 2. The average Bonchev–Trinajstić information content (AvgIpc) is 3.58. The van der Waals surface area contributed by atoms with Gasteiger partial charge in [0.2, 0.25) is 0 Å². The van der Waals surface area contributed by atoms with Crippen molar-refractivity contribution >= 4 is 44.4 Å². The second kappa shape index (κ2) is 12.9. The molecule has 50 heavy (non-hydrogen) atoms. The highest BCUT2D eigenvalue weighted by molar-refractivity contribution is 7.17. The van der Waals surface area contributed by atoms with E-state index in [1.54, 1.807) is 38.2 Å². The van der Waals surface area contributed by atoms with Gasteiger partial charge in [-0.1, -0.05) is 81.4 Å². The zero-order valence-corrected chi connectivity index (χ0v) is 32.9. The van der Waals surface area contributed by atoms with Crippen molar-refractivity contribution in [3.05, 3.63) is 82.2 Å². The highest BCUT2D eigenvalue weighted by atomic mass is 32.1. The third-order valence-electron chi connectivity index (χ3n) is 8.69. The topological polar surface area (TPSA) is 83.3 Å². The summed E-state index contributed by atoms with van der Waals surface area (Å²) in [6, 6.07) is 17.7. The Morgan fingerprint density at radius 3 is 2.00 bits per heavy atom. The first kappa shape index (κ1) is 37.2. The Balaban J connectivity index is 1.59. The molecule has 5 rings (SSSR count). The molecule has 0 fully saturated rings. The van der Waals surface area contributed by atoms with Gasteiger partial charge in [-0.15, -0.1) is 26.3 Å². The number of hydrogen-bond acceptors (Lipinski definition) is 7. The number of ether oxygens (including phenoxy) is 2. The molecule has 0 atom stereocenters. The van der Waals surface area contributed by atoms with Crippen molar-refractivity contribution < 1.29 is 19.1 Å². The second-order valence-corrected chi connectivity index (χ2v) is 19.3. The molecule has 5 aromatic rings. The summed E-state index contributed by atoms with van der Waals surface area (Å²) in [5.41, 5.74) is 4.24. The number of rotatable bonds is 8. The van der Waals surface area contributed by atoms with E-state index < -0.39 is 11.8 Å². The maximum Gasteiger partial charge on any atom is 0.514 e. The maximum atomic E-state index is 14.6. The minimum absolute atomic E-state index is 0.0412. The van der Waals surface area contributed by atoms with Gasteiger partial charge in [0.15, 0.2) is 11.5 Å². The number of carbonyl (C=O) groups is 2. The molecule has 0 unspecified atom stereocenters. The van der Waals surface area contributed by atoms with Crippen molar-refractivity contribution in [1.29, 1.82) is 0 Å². The Bertz CT molecular complexity index is 2060. The van der Waals surface area contributed by atoms with Crippen LogP contribution in [0.5, 0.6) is 5.75 Å². The van der Waals surface area contributed by atoms with Crippen LogP contribution < -0.4 is 4.74 Å². The molecule has 0 N–H and O–H groups in total. The third-order valence-corrected chi connectivity index (χ3v) is 9.57. The van der Waals surface area contributed by atoms with E-state index in [9.17, 15) is 9.59 Å². The van der Waals surface area contributed by atoms with Crippen molar-refractivity contribution in [1.82, 2.24) is 15.0 Å². The van der Waals surface area contributed by atoms with Crippen LogP contribution >= 0.6 is 11.3 Å². The summed E-state index contributed by atoms with van der Waals surface area (Å²) in [7, 11) is 0. The molecule has 0 saturated carbocycles. The number of thiophene rings is 1. The van der Waals surface area contributed by atoms with E-state index >= 15 is 0 Å². The van der Waals surface area contributed by atoms with E-state index in [1.807, 2.05) is 35.7 Å². The van der Waals surface area contributed by atoms with Crippen LogP contribution in [0, 0.1) is 10.8 Å². The number of aromatic nitrogens is 3. The minimum atomic E-state index is -0.808. The summed E-state index contributed by atoms with van der Waals surface area (Å²) < 4.78 is 12.1. The van der Waals surface area contributed by atoms with E-state index in [1.165, 1.54) is 4.80 Å². The maximum absolute atomic E-state index is 14.6. The lowest BCUT2D eigenvalue weighted by Crippen LogP contribution is -2.29. The molecule has 7 nitrogen and oxygen atoms in total. The van der Waals surface area contributed by atoms with Gasteiger partial charge in [-0.3, -0.25) is 4.79 Å². The van der Waals surface area contributed by atoms with Gasteiger partial charge in [-0.05, 0) is 114 Å². The van der Waals surface area contributed by atoms with Gasteiger partial charge in [0, 0.05) is 21.9 Å². The summed E-state index contributed by atoms with van der Waals surface area (Å²) in [4.78, 5) is 28.8. The molecular weight excluding hydrogens is 643 g/mol.